The Labute approximate surface area is 184 Å². The number of nitrogens with one attached hydrogen (secondary N) is 1. The van der Waals surface area contributed by atoms with Gasteiger partial charge >= 0.3 is 0 Å². The van der Waals surface area contributed by atoms with Crippen LogP contribution in [0.3, 0.4) is 0 Å². The quantitative estimate of drug-likeness (QED) is 0.562. The van der Waals surface area contributed by atoms with Gasteiger partial charge in [-0.05, 0) is 31.2 Å². The minimum atomic E-state index is -0.259. The molecule has 3 aromatic rings. The fourth-order valence-electron chi connectivity index (χ4n) is 3.39. The van der Waals surface area contributed by atoms with E-state index in [1.165, 1.54) is 11.6 Å². The first-order valence-corrected chi connectivity index (χ1v) is 11.9. The average Bonchev–Trinajstić information content (AvgIpc) is 3.20. The first-order chi connectivity index (χ1) is 14.6. The summed E-state index contributed by atoms with van der Waals surface area (Å²) in [7, 11) is 0. The van der Waals surface area contributed by atoms with Gasteiger partial charge in [-0.25, -0.2) is 9.37 Å². The van der Waals surface area contributed by atoms with E-state index < -0.39 is 0 Å². The second-order valence-corrected chi connectivity index (χ2v) is 9.42. The lowest BCUT2D eigenvalue weighted by molar-refractivity contribution is -0.118. The molecule has 0 aliphatic carbocycles. The number of rotatable bonds is 7. The minimum absolute atomic E-state index is 0.0655. The Bertz CT molecular complexity index is 1000. The van der Waals surface area contributed by atoms with Crippen molar-refractivity contribution in [1.82, 2.24) is 15.2 Å². The fourth-order valence-corrected chi connectivity index (χ4v) is 5.15. The van der Waals surface area contributed by atoms with Gasteiger partial charge in [0, 0.05) is 44.2 Å². The zero-order valence-corrected chi connectivity index (χ0v) is 18.6. The SMILES string of the molecule is Cc1ccc(SCC(=O)NCCN2CCN(c3nc4c(F)cccc4s3)CC2)cc1. The number of hydrogen-bond donors (Lipinski definition) is 1. The van der Waals surface area contributed by atoms with Crippen LogP contribution in [0.2, 0.25) is 0 Å². The number of amides is 1. The van der Waals surface area contributed by atoms with Crippen LogP contribution in [0.25, 0.3) is 10.2 Å². The summed E-state index contributed by atoms with van der Waals surface area (Å²) in [4.78, 5) is 22.2. The first kappa shape index (κ1) is 21.1. The van der Waals surface area contributed by atoms with Gasteiger partial charge in [0.2, 0.25) is 5.91 Å². The maximum atomic E-state index is 13.9. The Morgan fingerprint density at radius 2 is 1.93 bits per heavy atom. The van der Waals surface area contributed by atoms with Gasteiger partial charge in [-0.1, -0.05) is 35.1 Å². The van der Waals surface area contributed by atoms with Gasteiger partial charge in [0.15, 0.2) is 5.13 Å². The normalized spacial score (nSPS) is 14.9. The Kier molecular flexibility index (Phi) is 6.86. The van der Waals surface area contributed by atoms with Crippen LogP contribution < -0.4 is 10.2 Å². The number of piperazine rings is 1. The van der Waals surface area contributed by atoms with Crippen LogP contribution in [-0.4, -0.2) is 60.8 Å². The molecule has 5 nitrogen and oxygen atoms in total. The number of aryl methyl sites for hydroxylation is 1. The Morgan fingerprint density at radius 3 is 2.67 bits per heavy atom. The van der Waals surface area contributed by atoms with Crippen molar-refractivity contribution in [2.75, 3.05) is 49.9 Å². The highest BCUT2D eigenvalue weighted by Crippen LogP contribution is 2.30. The molecule has 1 aliphatic heterocycles. The van der Waals surface area contributed by atoms with Crippen LogP contribution in [0.4, 0.5) is 9.52 Å². The van der Waals surface area contributed by atoms with Crippen molar-refractivity contribution in [1.29, 1.82) is 0 Å². The van der Waals surface area contributed by atoms with Gasteiger partial charge in [0.25, 0.3) is 0 Å². The molecule has 1 N–H and O–H groups in total. The second kappa shape index (κ2) is 9.76. The molecule has 1 aromatic heterocycles. The summed E-state index contributed by atoms with van der Waals surface area (Å²) in [6.45, 7) is 7.08. The predicted octanol–water partition coefficient (Wildman–Crippen LogP) is 3.77. The average molecular weight is 445 g/mol. The molecule has 0 spiro atoms. The number of carbonyl (C=O) groups excluding carboxylic acids is 1. The highest BCUT2D eigenvalue weighted by molar-refractivity contribution is 8.00. The molecule has 1 fully saturated rings. The number of hydrogen-bond acceptors (Lipinski definition) is 6. The third-order valence-corrected chi connectivity index (χ3v) is 7.24. The fraction of sp³-hybridized carbons (Fsp3) is 0.364. The molecule has 2 heterocycles. The number of benzene rings is 2. The van der Waals surface area contributed by atoms with Crippen LogP contribution in [0.1, 0.15) is 5.56 Å². The van der Waals surface area contributed by atoms with Gasteiger partial charge in [0.05, 0.1) is 10.5 Å². The highest BCUT2D eigenvalue weighted by atomic mass is 32.2. The summed E-state index contributed by atoms with van der Waals surface area (Å²) in [5.74, 6) is 0.242. The number of thioether (sulfide) groups is 1. The van der Waals surface area contributed by atoms with Crippen LogP contribution in [0, 0.1) is 12.7 Å². The van der Waals surface area contributed by atoms with Crippen molar-refractivity contribution in [2.45, 2.75) is 11.8 Å². The number of fused-ring (bicyclic) bond motifs is 1. The molecule has 30 heavy (non-hydrogen) atoms. The van der Waals surface area contributed by atoms with Crippen molar-refractivity contribution >= 4 is 44.4 Å². The van der Waals surface area contributed by atoms with Gasteiger partial charge in [0.1, 0.15) is 11.3 Å². The number of carbonyl (C=O) groups is 1. The maximum Gasteiger partial charge on any atom is 0.230 e. The molecule has 1 saturated heterocycles. The third kappa shape index (κ3) is 5.30. The molecule has 1 aliphatic rings. The lowest BCUT2D eigenvalue weighted by Crippen LogP contribution is -2.48. The summed E-state index contributed by atoms with van der Waals surface area (Å²) in [5, 5.41) is 3.90. The molecule has 0 unspecified atom stereocenters. The van der Waals surface area contributed by atoms with E-state index >= 15 is 0 Å². The van der Waals surface area contributed by atoms with Crippen molar-refractivity contribution in [3.8, 4) is 0 Å². The standard InChI is InChI=1S/C22H25FN4OS2/c1-16-5-7-17(8-6-16)29-15-20(28)24-9-10-26-11-13-27(14-12-26)22-25-21-18(23)3-2-4-19(21)30-22/h2-8H,9-15H2,1H3,(H,24,28). The van der Waals surface area contributed by atoms with E-state index in [2.05, 4.69) is 39.2 Å². The summed E-state index contributed by atoms with van der Waals surface area (Å²) >= 11 is 3.10. The lowest BCUT2D eigenvalue weighted by Gasteiger charge is -2.34. The van der Waals surface area contributed by atoms with Crippen molar-refractivity contribution in [3.63, 3.8) is 0 Å². The van der Waals surface area contributed by atoms with E-state index in [1.54, 1.807) is 29.2 Å². The molecule has 2 aromatic carbocycles. The van der Waals surface area contributed by atoms with E-state index in [0.717, 1.165) is 47.5 Å². The summed E-state index contributed by atoms with van der Waals surface area (Å²) < 4.78 is 14.8. The number of para-hydroxylation sites is 1. The van der Waals surface area contributed by atoms with Gasteiger partial charge in [-0.2, -0.15) is 0 Å². The Balaban J connectivity index is 1.17. The Morgan fingerprint density at radius 1 is 1.17 bits per heavy atom. The summed E-state index contributed by atoms with van der Waals surface area (Å²) in [5.41, 5.74) is 1.69. The highest BCUT2D eigenvalue weighted by Gasteiger charge is 2.20. The van der Waals surface area contributed by atoms with Crippen LogP contribution in [0.15, 0.2) is 47.4 Å². The van der Waals surface area contributed by atoms with Crippen LogP contribution in [-0.2, 0) is 4.79 Å². The molecule has 0 atom stereocenters. The zero-order chi connectivity index (χ0) is 20.9. The van der Waals surface area contributed by atoms with Gasteiger partial charge in [-0.15, -0.1) is 11.8 Å². The Hall–Kier alpha value is -2.16. The number of thiazole rings is 1. The monoisotopic (exact) mass is 444 g/mol. The molecular formula is C22H25FN4OS2. The molecule has 1 amide bonds. The number of anilines is 1. The van der Waals surface area contributed by atoms with Crippen molar-refractivity contribution < 1.29 is 9.18 Å². The molecular weight excluding hydrogens is 419 g/mol. The maximum absolute atomic E-state index is 13.9. The summed E-state index contributed by atoms with van der Waals surface area (Å²) in [6.07, 6.45) is 0. The van der Waals surface area contributed by atoms with Crippen LogP contribution >= 0.6 is 23.1 Å². The smallest absolute Gasteiger partial charge is 0.230 e. The van der Waals surface area contributed by atoms with Crippen molar-refractivity contribution in [3.05, 3.63) is 53.8 Å². The van der Waals surface area contributed by atoms with E-state index in [1.807, 2.05) is 18.2 Å². The third-order valence-electron chi connectivity index (χ3n) is 5.14. The van der Waals surface area contributed by atoms with E-state index in [4.69, 9.17) is 0 Å². The van der Waals surface area contributed by atoms with Gasteiger partial charge in [-0.3, -0.25) is 9.69 Å². The number of nitrogens with zero attached hydrogens (tertiary/aromatic N) is 3. The van der Waals surface area contributed by atoms with E-state index in [-0.39, 0.29) is 11.7 Å². The number of halogens is 1. The molecule has 0 bridgehead atoms. The number of aromatic nitrogens is 1. The predicted molar refractivity (Wildman–Crippen MR) is 123 cm³/mol. The van der Waals surface area contributed by atoms with E-state index in [9.17, 15) is 9.18 Å². The van der Waals surface area contributed by atoms with Crippen molar-refractivity contribution in [2.24, 2.45) is 0 Å². The zero-order valence-electron chi connectivity index (χ0n) is 16.9. The topological polar surface area (TPSA) is 48.5 Å². The lowest BCUT2D eigenvalue weighted by atomic mass is 10.2. The molecule has 158 valence electrons. The second-order valence-electron chi connectivity index (χ2n) is 7.36. The van der Waals surface area contributed by atoms with Crippen LogP contribution in [0.5, 0.6) is 0 Å². The first-order valence-electron chi connectivity index (χ1n) is 10.1. The largest absolute Gasteiger partial charge is 0.354 e. The molecule has 8 heteroatoms. The molecule has 0 saturated carbocycles. The van der Waals surface area contributed by atoms with Gasteiger partial charge < -0.3 is 10.2 Å². The molecule has 4 rings (SSSR count). The summed E-state index contributed by atoms with van der Waals surface area (Å²) in [6, 6.07) is 13.3. The minimum Gasteiger partial charge on any atom is -0.354 e. The van der Waals surface area contributed by atoms with E-state index in [0.29, 0.717) is 17.8 Å². The molecule has 0 radical (unpaired) electrons.